The van der Waals surface area contributed by atoms with Gasteiger partial charge >= 0.3 is 21.7 Å². The lowest BCUT2D eigenvalue weighted by Crippen LogP contribution is -2.59. The van der Waals surface area contributed by atoms with Crippen LogP contribution in [0.5, 0.6) is 11.5 Å². The Hall–Kier alpha value is -3.05. The van der Waals surface area contributed by atoms with Crippen molar-refractivity contribution in [1.29, 1.82) is 0 Å². The van der Waals surface area contributed by atoms with E-state index < -0.39 is 53.9 Å². The van der Waals surface area contributed by atoms with Gasteiger partial charge in [-0.3, -0.25) is 0 Å². The van der Waals surface area contributed by atoms with Crippen molar-refractivity contribution >= 4 is 30.2 Å². The van der Waals surface area contributed by atoms with Crippen LogP contribution in [0.1, 0.15) is 65.0 Å². The lowest BCUT2D eigenvalue weighted by atomic mass is 9.84. The van der Waals surface area contributed by atoms with E-state index in [0.717, 1.165) is 48.6 Å². The van der Waals surface area contributed by atoms with Crippen LogP contribution in [-0.4, -0.2) is 97.1 Å². The summed E-state index contributed by atoms with van der Waals surface area (Å²) in [5.41, 5.74) is -2.71. The minimum Gasteiger partial charge on any atom is -0.490 e. The predicted octanol–water partition coefficient (Wildman–Crippen LogP) is 7.37. The van der Waals surface area contributed by atoms with Gasteiger partial charge in [-0.15, -0.1) is 0 Å². The van der Waals surface area contributed by atoms with Crippen molar-refractivity contribution in [3.05, 3.63) is 53.6 Å². The molecule has 2 aromatic carbocycles. The largest absolute Gasteiger partial charge is 0.534 e. The van der Waals surface area contributed by atoms with Crippen LogP contribution >= 0.6 is 0 Å². The standard InChI is InChI=1S/C35H51F3N2O9SSi/c1-23(2)51(24(3)4,25(5)6)49-32-21-40(34(41)42)20-31(33(32)27-10-12-28(13-11-27)48-50(43,44)35(36,37)38)47-22-26-9-14-30-29(19-26)39(16-18-46-30)15-8-17-45-7/h9-14,19,23-25,31-33H,8,15-18,20-22H2,1-7H3,(H,41,42)/t31-,32+,33-/m1/s1. The van der Waals surface area contributed by atoms with E-state index in [1.807, 2.05) is 18.2 Å². The summed E-state index contributed by atoms with van der Waals surface area (Å²) in [6.45, 7) is 15.6. The zero-order valence-corrected chi connectivity index (χ0v) is 32.1. The van der Waals surface area contributed by atoms with Gasteiger partial charge in [-0.2, -0.15) is 21.6 Å². The molecule has 16 heteroatoms. The summed E-state index contributed by atoms with van der Waals surface area (Å²) in [4.78, 5) is 16.0. The van der Waals surface area contributed by atoms with Gasteiger partial charge in [-0.25, -0.2) is 4.79 Å². The summed E-state index contributed by atoms with van der Waals surface area (Å²) in [7, 11) is -6.81. The van der Waals surface area contributed by atoms with E-state index in [4.69, 9.17) is 18.6 Å². The Morgan fingerprint density at radius 2 is 1.63 bits per heavy atom. The second-order valence-corrected chi connectivity index (χ2v) is 21.0. The molecule has 2 aliphatic rings. The molecule has 0 spiro atoms. The highest BCUT2D eigenvalue weighted by Crippen LogP contribution is 2.46. The molecule has 2 heterocycles. The number of halogens is 3. The smallest absolute Gasteiger partial charge is 0.490 e. The minimum atomic E-state index is -5.87. The second-order valence-electron chi connectivity index (χ2n) is 14.1. The number of alkyl halides is 3. The highest BCUT2D eigenvalue weighted by molar-refractivity contribution is 7.88. The van der Waals surface area contributed by atoms with Crippen LogP contribution in [-0.2, 0) is 30.6 Å². The molecule has 1 saturated heterocycles. The molecule has 1 N–H and O–H groups in total. The molecule has 3 atom stereocenters. The van der Waals surface area contributed by atoms with Crippen molar-refractivity contribution in [3.63, 3.8) is 0 Å². The summed E-state index contributed by atoms with van der Waals surface area (Å²) in [5.74, 6) is -0.297. The van der Waals surface area contributed by atoms with Gasteiger partial charge in [-0.1, -0.05) is 59.7 Å². The monoisotopic (exact) mass is 760 g/mol. The summed E-state index contributed by atoms with van der Waals surface area (Å²) in [6, 6.07) is 11.1. The molecule has 286 valence electrons. The summed E-state index contributed by atoms with van der Waals surface area (Å²) in [5, 5.41) is 10.2. The van der Waals surface area contributed by atoms with Crippen LogP contribution in [0.2, 0.25) is 16.6 Å². The van der Waals surface area contributed by atoms with Crippen LogP contribution in [0.4, 0.5) is 23.7 Å². The van der Waals surface area contributed by atoms with Gasteiger partial charge in [0.25, 0.3) is 0 Å². The number of hydrogen-bond donors (Lipinski definition) is 1. The Bertz CT molecular complexity index is 1550. The molecule has 1 fully saturated rings. The molecule has 11 nitrogen and oxygen atoms in total. The maximum atomic E-state index is 13.0. The van der Waals surface area contributed by atoms with Crippen molar-refractivity contribution in [2.75, 3.05) is 51.4 Å². The van der Waals surface area contributed by atoms with Crippen LogP contribution < -0.4 is 13.8 Å². The lowest BCUT2D eigenvalue weighted by molar-refractivity contribution is -0.0630. The third kappa shape index (κ3) is 9.31. The number of ether oxygens (including phenoxy) is 3. The van der Waals surface area contributed by atoms with Gasteiger partial charge in [0, 0.05) is 32.7 Å². The third-order valence-corrected chi connectivity index (χ3v) is 17.0. The van der Waals surface area contributed by atoms with E-state index in [0.29, 0.717) is 18.8 Å². The Labute approximate surface area is 300 Å². The van der Waals surface area contributed by atoms with Crippen molar-refractivity contribution in [2.24, 2.45) is 0 Å². The van der Waals surface area contributed by atoms with Gasteiger partial charge in [0.15, 0.2) is 0 Å². The third-order valence-electron chi connectivity index (χ3n) is 9.91. The van der Waals surface area contributed by atoms with Gasteiger partial charge in [0.05, 0.1) is 37.6 Å². The fourth-order valence-corrected chi connectivity index (χ4v) is 13.7. The number of likely N-dealkylation sites (tertiary alicyclic amines) is 1. The number of amides is 1. The summed E-state index contributed by atoms with van der Waals surface area (Å²) < 4.78 is 91.8. The zero-order valence-electron chi connectivity index (χ0n) is 30.3. The maximum absolute atomic E-state index is 13.0. The van der Waals surface area contributed by atoms with E-state index in [9.17, 15) is 31.5 Å². The number of hydrogen-bond acceptors (Lipinski definition) is 9. The number of anilines is 1. The molecule has 0 aromatic heterocycles. The van der Waals surface area contributed by atoms with Crippen molar-refractivity contribution in [3.8, 4) is 11.5 Å². The molecule has 4 rings (SSSR count). The first-order valence-electron chi connectivity index (χ1n) is 17.3. The zero-order chi connectivity index (χ0) is 37.7. The molecule has 0 aliphatic carbocycles. The molecule has 0 bridgehead atoms. The first-order chi connectivity index (χ1) is 23.9. The minimum absolute atomic E-state index is 0.0113. The average Bonchev–Trinajstić information content (AvgIpc) is 3.05. The molecule has 0 saturated carbocycles. The molecule has 1 amide bonds. The molecule has 0 radical (unpaired) electrons. The summed E-state index contributed by atoms with van der Waals surface area (Å²) >= 11 is 0. The number of carbonyl (C=O) groups is 1. The first-order valence-corrected chi connectivity index (χ1v) is 20.8. The molecule has 2 aromatic rings. The predicted molar refractivity (Wildman–Crippen MR) is 190 cm³/mol. The van der Waals surface area contributed by atoms with E-state index >= 15 is 0 Å². The van der Waals surface area contributed by atoms with Crippen LogP contribution in [0.15, 0.2) is 42.5 Å². The molecular formula is C35H51F3N2O9SSi. The summed E-state index contributed by atoms with van der Waals surface area (Å²) in [6.07, 6.45) is -1.68. The fraction of sp³-hybridized carbons (Fsp3) is 0.629. The number of rotatable bonds is 15. The quantitative estimate of drug-likeness (QED) is 0.0852. The van der Waals surface area contributed by atoms with Gasteiger partial charge in [0.1, 0.15) is 18.1 Å². The number of fused-ring (bicyclic) bond motifs is 1. The van der Waals surface area contributed by atoms with E-state index in [-0.39, 0.29) is 36.3 Å². The molecule has 2 aliphatic heterocycles. The number of piperidine rings is 1. The van der Waals surface area contributed by atoms with Crippen LogP contribution in [0, 0.1) is 0 Å². The average molecular weight is 761 g/mol. The Morgan fingerprint density at radius 3 is 2.20 bits per heavy atom. The van der Waals surface area contributed by atoms with E-state index in [1.54, 1.807) is 7.11 Å². The number of benzene rings is 2. The van der Waals surface area contributed by atoms with Crippen molar-refractivity contribution < 1.29 is 54.3 Å². The topological polar surface area (TPSA) is 124 Å². The van der Waals surface area contributed by atoms with E-state index in [2.05, 4.69) is 50.6 Å². The number of nitrogens with zero attached hydrogens (tertiary/aromatic N) is 2. The highest BCUT2D eigenvalue weighted by Gasteiger charge is 2.51. The lowest BCUT2D eigenvalue weighted by Gasteiger charge is -2.50. The normalized spacial score (nSPS) is 20.1. The molecular weight excluding hydrogens is 710 g/mol. The van der Waals surface area contributed by atoms with Gasteiger partial charge in [0.2, 0.25) is 8.32 Å². The number of carboxylic acid groups (broad SMARTS) is 1. The first kappa shape index (κ1) is 40.7. The van der Waals surface area contributed by atoms with Crippen molar-refractivity contribution in [1.82, 2.24) is 4.90 Å². The van der Waals surface area contributed by atoms with E-state index in [1.165, 1.54) is 17.0 Å². The fourth-order valence-electron chi connectivity index (χ4n) is 7.66. The number of methoxy groups -OCH3 is 1. The van der Waals surface area contributed by atoms with Crippen molar-refractivity contribution in [2.45, 2.75) is 94.8 Å². The maximum Gasteiger partial charge on any atom is 0.534 e. The Morgan fingerprint density at radius 1 is 1.00 bits per heavy atom. The Balaban J connectivity index is 1.72. The van der Waals surface area contributed by atoms with Crippen LogP contribution in [0.25, 0.3) is 0 Å². The molecule has 0 unspecified atom stereocenters. The molecule has 51 heavy (non-hydrogen) atoms. The second kappa shape index (κ2) is 16.7. The Kier molecular flexibility index (Phi) is 13.4. The van der Waals surface area contributed by atoms with Crippen LogP contribution in [0.3, 0.4) is 0 Å². The highest BCUT2D eigenvalue weighted by atomic mass is 32.2. The van der Waals surface area contributed by atoms with Gasteiger partial charge in [-0.05, 0) is 58.4 Å². The SMILES string of the molecule is COCCCN1CCOc2ccc(CO[C@@H]3CN(C(=O)O)C[C@H](O[Si](C(C)C)(C(C)C)C(C)C)[C@@H]3c3ccc(OS(=O)(=O)C(F)(F)F)cc3)cc21. The van der Waals surface area contributed by atoms with Gasteiger partial charge < -0.3 is 37.7 Å².